The summed E-state index contributed by atoms with van der Waals surface area (Å²) in [5.74, 6) is 0. The Morgan fingerprint density at radius 1 is 1.38 bits per heavy atom. The molecule has 4 nitrogen and oxygen atoms in total. The van der Waals surface area contributed by atoms with E-state index in [-0.39, 0.29) is 6.04 Å². The van der Waals surface area contributed by atoms with Gasteiger partial charge in [0.1, 0.15) is 0 Å². The van der Waals surface area contributed by atoms with Crippen molar-refractivity contribution in [2.24, 2.45) is 0 Å². The Hall–Kier alpha value is -0.130. The third kappa shape index (κ3) is 5.82. The highest BCUT2D eigenvalue weighted by Crippen LogP contribution is 2.11. The maximum absolute atomic E-state index is 11.1. The number of hydrogen-bond acceptors (Lipinski definition) is 3. The summed E-state index contributed by atoms with van der Waals surface area (Å²) in [7, 11) is -3.05. The van der Waals surface area contributed by atoms with Gasteiger partial charge in [-0.3, -0.25) is 0 Å². The largest absolute Gasteiger partial charge is 0.302 e. The SMILES string of the molecule is CCCCCN1CCCC(NS(C)(=O)=O)C1. The first kappa shape index (κ1) is 13.9. The molecule has 0 bridgehead atoms. The third-order valence-corrected chi connectivity index (χ3v) is 3.73. The summed E-state index contributed by atoms with van der Waals surface area (Å²) in [5.41, 5.74) is 0. The summed E-state index contributed by atoms with van der Waals surface area (Å²) in [5, 5.41) is 0. The lowest BCUT2D eigenvalue weighted by Gasteiger charge is -2.32. The van der Waals surface area contributed by atoms with Gasteiger partial charge in [-0.25, -0.2) is 13.1 Å². The molecule has 1 aliphatic rings. The summed E-state index contributed by atoms with van der Waals surface area (Å²) in [6.45, 7) is 5.29. The predicted molar refractivity (Wildman–Crippen MR) is 67.0 cm³/mol. The molecule has 0 aliphatic carbocycles. The van der Waals surface area contributed by atoms with Crippen LogP contribution in [0.15, 0.2) is 0 Å². The van der Waals surface area contributed by atoms with Crippen molar-refractivity contribution in [2.75, 3.05) is 25.9 Å². The molecule has 0 saturated carbocycles. The number of nitrogens with one attached hydrogen (secondary N) is 1. The minimum absolute atomic E-state index is 0.116. The van der Waals surface area contributed by atoms with Crippen molar-refractivity contribution in [1.82, 2.24) is 9.62 Å². The highest BCUT2D eigenvalue weighted by molar-refractivity contribution is 7.88. The zero-order valence-corrected chi connectivity index (χ0v) is 11.2. The molecule has 1 fully saturated rings. The molecule has 0 amide bonds. The van der Waals surface area contributed by atoms with E-state index in [1.54, 1.807) is 0 Å². The van der Waals surface area contributed by atoms with Gasteiger partial charge in [-0.05, 0) is 32.4 Å². The highest BCUT2D eigenvalue weighted by atomic mass is 32.2. The standard InChI is InChI=1S/C11H24N2O2S/c1-3-4-5-8-13-9-6-7-11(10-13)12-16(2,14)15/h11-12H,3-10H2,1-2H3. The van der Waals surface area contributed by atoms with E-state index < -0.39 is 10.0 Å². The Morgan fingerprint density at radius 2 is 2.12 bits per heavy atom. The zero-order valence-electron chi connectivity index (χ0n) is 10.4. The Labute approximate surface area is 99.5 Å². The van der Waals surface area contributed by atoms with Crippen molar-refractivity contribution < 1.29 is 8.42 Å². The van der Waals surface area contributed by atoms with E-state index in [1.807, 2.05) is 0 Å². The van der Waals surface area contributed by atoms with Crippen molar-refractivity contribution in [2.45, 2.75) is 45.1 Å². The molecular weight excluding hydrogens is 224 g/mol. The lowest BCUT2D eigenvalue weighted by atomic mass is 10.1. The minimum atomic E-state index is -3.05. The zero-order chi connectivity index (χ0) is 12.0. The molecule has 1 atom stereocenters. The van der Waals surface area contributed by atoms with Crippen molar-refractivity contribution in [3.63, 3.8) is 0 Å². The van der Waals surface area contributed by atoms with Crippen LogP contribution in [0.5, 0.6) is 0 Å². The molecule has 5 heteroatoms. The van der Waals surface area contributed by atoms with Crippen molar-refractivity contribution >= 4 is 10.0 Å². The van der Waals surface area contributed by atoms with Crippen LogP contribution in [0, 0.1) is 0 Å². The van der Waals surface area contributed by atoms with Gasteiger partial charge in [0, 0.05) is 12.6 Å². The fourth-order valence-electron chi connectivity index (χ4n) is 2.24. The predicted octanol–water partition coefficient (Wildman–Crippen LogP) is 1.19. The van der Waals surface area contributed by atoms with Gasteiger partial charge in [0.15, 0.2) is 0 Å². The average Bonchev–Trinajstić information content (AvgIpc) is 2.16. The summed E-state index contributed by atoms with van der Waals surface area (Å²) in [4.78, 5) is 2.38. The number of hydrogen-bond donors (Lipinski definition) is 1. The maximum atomic E-state index is 11.1. The van der Waals surface area contributed by atoms with Crippen LogP contribution in [0.2, 0.25) is 0 Å². The second-order valence-electron chi connectivity index (χ2n) is 4.74. The van der Waals surface area contributed by atoms with Crippen molar-refractivity contribution in [1.29, 1.82) is 0 Å². The van der Waals surface area contributed by atoms with Crippen LogP contribution in [-0.4, -0.2) is 45.2 Å². The molecule has 0 aromatic carbocycles. The Morgan fingerprint density at radius 3 is 2.75 bits per heavy atom. The number of piperidine rings is 1. The quantitative estimate of drug-likeness (QED) is 0.718. The Bertz CT molecular complexity index is 290. The van der Waals surface area contributed by atoms with Crippen LogP contribution in [0.4, 0.5) is 0 Å². The summed E-state index contributed by atoms with van der Waals surface area (Å²) >= 11 is 0. The molecule has 1 saturated heterocycles. The lowest BCUT2D eigenvalue weighted by molar-refractivity contribution is 0.198. The maximum Gasteiger partial charge on any atom is 0.208 e. The van der Waals surface area contributed by atoms with Gasteiger partial charge >= 0.3 is 0 Å². The smallest absolute Gasteiger partial charge is 0.208 e. The Balaban J connectivity index is 2.30. The number of likely N-dealkylation sites (tertiary alicyclic amines) is 1. The lowest BCUT2D eigenvalue weighted by Crippen LogP contribution is -2.47. The third-order valence-electron chi connectivity index (χ3n) is 2.96. The molecule has 16 heavy (non-hydrogen) atoms. The average molecular weight is 248 g/mol. The molecule has 96 valence electrons. The van der Waals surface area contributed by atoms with Gasteiger partial charge in [-0.2, -0.15) is 0 Å². The first-order valence-corrected chi connectivity index (χ1v) is 8.10. The van der Waals surface area contributed by atoms with Crippen LogP contribution in [0.1, 0.15) is 39.0 Å². The molecule has 0 aromatic heterocycles. The topological polar surface area (TPSA) is 49.4 Å². The van der Waals surface area contributed by atoms with Gasteiger partial charge in [0.2, 0.25) is 10.0 Å². The first-order valence-electron chi connectivity index (χ1n) is 6.21. The minimum Gasteiger partial charge on any atom is -0.302 e. The van der Waals surface area contributed by atoms with Crippen molar-refractivity contribution in [3.05, 3.63) is 0 Å². The molecule has 0 spiro atoms. The second kappa shape index (κ2) is 6.57. The van der Waals surface area contributed by atoms with Gasteiger partial charge in [0.05, 0.1) is 6.26 Å². The van der Waals surface area contributed by atoms with E-state index in [2.05, 4.69) is 16.5 Å². The molecule has 1 aliphatic heterocycles. The van der Waals surface area contributed by atoms with E-state index >= 15 is 0 Å². The summed E-state index contributed by atoms with van der Waals surface area (Å²) in [6, 6.07) is 0.116. The number of rotatable bonds is 6. The fraction of sp³-hybridized carbons (Fsp3) is 1.00. The fourth-order valence-corrected chi connectivity index (χ4v) is 3.04. The van der Waals surface area contributed by atoms with Gasteiger partial charge in [-0.1, -0.05) is 19.8 Å². The molecule has 1 unspecified atom stereocenters. The molecule has 0 aromatic rings. The van der Waals surface area contributed by atoms with Gasteiger partial charge in [-0.15, -0.1) is 0 Å². The monoisotopic (exact) mass is 248 g/mol. The normalized spacial score (nSPS) is 23.5. The Kier molecular flexibility index (Phi) is 5.72. The second-order valence-corrected chi connectivity index (χ2v) is 6.52. The van der Waals surface area contributed by atoms with Crippen LogP contribution >= 0.6 is 0 Å². The van der Waals surface area contributed by atoms with E-state index in [9.17, 15) is 8.42 Å². The molecule has 1 rings (SSSR count). The molecular formula is C11H24N2O2S. The number of sulfonamides is 1. The number of unbranched alkanes of at least 4 members (excludes halogenated alkanes) is 2. The van der Waals surface area contributed by atoms with E-state index in [4.69, 9.17) is 0 Å². The summed E-state index contributed by atoms with van der Waals surface area (Å²) in [6.07, 6.45) is 7.03. The van der Waals surface area contributed by atoms with E-state index in [1.165, 1.54) is 25.5 Å². The summed E-state index contributed by atoms with van der Waals surface area (Å²) < 4.78 is 25.0. The van der Waals surface area contributed by atoms with Gasteiger partial charge in [0.25, 0.3) is 0 Å². The van der Waals surface area contributed by atoms with Crippen LogP contribution in [0.3, 0.4) is 0 Å². The van der Waals surface area contributed by atoms with Crippen LogP contribution < -0.4 is 4.72 Å². The van der Waals surface area contributed by atoms with Crippen LogP contribution in [-0.2, 0) is 10.0 Å². The molecule has 1 N–H and O–H groups in total. The van der Waals surface area contributed by atoms with Gasteiger partial charge < -0.3 is 4.90 Å². The highest BCUT2D eigenvalue weighted by Gasteiger charge is 2.21. The van der Waals surface area contributed by atoms with Crippen molar-refractivity contribution in [3.8, 4) is 0 Å². The molecule has 0 radical (unpaired) electrons. The number of nitrogens with zero attached hydrogens (tertiary/aromatic N) is 1. The first-order chi connectivity index (χ1) is 7.51. The van der Waals surface area contributed by atoms with Crippen LogP contribution in [0.25, 0.3) is 0 Å². The molecule has 1 heterocycles. The van der Waals surface area contributed by atoms with E-state index in [0.717, 1.165) is 32.5 Å². The van der Waals surface area contributed by atoms with E-state index in [0.29, 0.717) is 0 Å².